The molecule has 6 heteroatoms. The number of carbonyl (C=O) groups is 1. The Bertz CT molecular complexity index is 478. The van der Waals surface area contributed by atoms with Gasteiger partial charge in [-0.25, -0.2) is 9.97 Å². The van der Waals surface area contributed by atoms with Crippen LogP contribution in [0.4, 0.5) is 0 Å². The van der Waals surface area contributed by atoms with Crippen molar-refractivity contribution in [3.05, 3.63) is 22.7 Å². The van der Waals surface area contributed by atoms with E-state index in [4.69, 9.17) is 11.6 Å². The number of hydrogen-bond donors (Lipinski definition) is 1. The largest absolute Gasteiger partial charge is 0.332 e. The molecule has 0 unspecified atom stereocenters. The third-order valence-electron chi connectivity index (χ3n) is 3.24. The van der Waals surface area contributed by atoms with Crippen LogP contribution in [-0.2, 0) is 0 Å². The summed E-state index contributed by atoms with van der Waals surface area (Å²) in [6.07, 6.45) is 1.52. The van der Waals surface area contributed by atoms with Gasteiger partial charge in [-0.2, -0.15) is 0 Å². The standard InChI is InChI=1S/C13H19ClN4O/c1-8(2)12-16-7-10(14)11(17-12)13(19)18-5-4-15-6-9(18)3/h7-9,15H,4-6H2,1-3H3/t9-/m1/s1. The second-order valence-corrected chi connectivity index (χ2v) is 5.54. The molecule has 0 aromatic carbocycles. The molecule has 0 aliphatic carbocycles. The van der Waals surface area contributed by atoms with Crippen LogP contribution in [0.15, 0.2) is 6.20 Å². The normalized spacial score (nSPS) is 19.8. The van der Waals surface area contributed by atoms with Crippen LogP contribution in [0.3, 0.4) is 0 Å². The Morgan fingerprint density at radius 3 is 2.95 bits per heavy atom. The molecular weight excluding hydrogens is 264 g/mol. The minimum Gasteiger partial charge on any atom is -0.332 e. The van der Waals surface area contributed by atoms with Crippen LogP contribution in [-0.4, -0.2) is 46.5 Å². The number of nitrogens with one attached hydrogen (secondary N) is 1. The molecule has 2 heterocycles. The number of halogens is 1. The maximum absolute atomic E-state index is 12.5. The van der Waals surface area contributed by atoms with Crippen LogP contribution in [0, 0.1) is 0 Å². The number of hydrogen-bond acceptors (Lipinski definition) is 4. The van der Waals surface area contributed by atoms with Gasteiger partial charge < -0.3 is 10.2 Å². The van der Waals surface area contributed by atoms with Gasteiger partial charge in [-0.15, -0.1) is 0 Å². The topological polar surface area (TPSA) is 58.1 Å². The van der Waals surface area contributed by atoms with Gasteiger partial charge in [0.05, 0.1) is 11.2 Å². The van der Waals surface area contributed by atoms with E-state index < -0.39 is 0 Å². The van der Waals surface area contributed by atoms with Gasteiger partial charge >= 0.3 is 0 Å². The number of nitrogens with zero attached hydrogens (tertiary/aromatic N) is 3. The number of piperazine rings is 1. The van der Waals surface area contributed by atoms with Crippen molar-refractivity contribution in [1.82, 2.24) is 20.2 Å². The first-order valence-corrected chi connectivity index (χ1v) is 6.92. The van der Waals surface area contributed by atoms with Crippen molar-refractivity contribution in [2.24, 2.45) is 0 Å². The Kier molecular flexibility index (Phi) is 4.37. The van der Waals surface area contributed by atoms with Gasteiger partial charge in [0.15, 0.2) is 5.69 Å². The smallest absolute Gasteiger partial charge is 0.274 e. The van der Waals surface area contributed by atoms with E-state index in [9.17, 15) is 4.79 Å². The molecule has 1 saturated heterocycles. The van der Waals surface area contributed by atoms with Crippen LogP contribution in [0.5, 0.6) is 0 Å². The second-order valence-electron chi connectivity index (χ2n) is 5.13. The Labute approximate surface area is 118 Å². The Hall–Kier alpha value is -1.20. The van der Waals surface area contributed by atoms with E-state index in [1.807, 2.05) is 25.7 Å². The SMILES string of the molecule is CC(C)c1ncc(Cl)c(C(=O)N2CCNC[C@H]2C)n1. The van der Waals surface area contributed by atoms with Crippen molar-refractivity contribution in [2.75, 3.05) is 19.6 Å². The third kappa shape index (κ3) is 3.04. The zero-order valence-corrected chi connectivity index (χ0v) is 12.2. The summed E-state index contributed by atoms with van der Waals surface area (Å²) in [5, 5.41) is 3.57. The maximum Gasteiger partial charge on any atom is 0.274 e. The van der Waals surface area contributed by atoms with E-state index in [1.54, 1.807) is 0 Å². The first kappa shape index (κ1) is 14.2. The Morgan fingerprint density at radius 1 is 1.58 bits per heavy atom. The average Bonchev–Trinajstić information content (AvgIpc) is 2.38. The Morgan fingerprint density at radius 2 is 2.32 bits per heavy atom. The number of aromatic nitrogens is 2. The summed E-state index contributed by atoms with van der Waals surface area (Å²) in [6.45, 7) is 8.27. The zero-order valence-electron chi connectivity index (χ0n) is 11.5. The van der Waals surface area contributed by atoms with E-state index in [0.29, 0.717) is 23.1 Å². The number of carbonyl (C=O) groups excluding carboxylic acids is 1. The fourth-order valence-electron chi connectivity index (χ4n) is 2.09. The van der Waals surface area contributed by atoms with Crippen LogP contribution in [0.1, 0.15) is 43.0 Å². The molecule has 1 amide bonds. The minimum absolute atomic E-state index is 0.108. The second kappa shape index (κ2) is 5.84. The van der Waals surface area contributed by atoms with Crippen LogP contribution < -0.4 is 5.32 Å². The first-order valence-electron chi connectivity index (χ1n) is 6.54. The van der Waals surface area contributed by atoms with Gasteiger partial charge in [0, 0.05) is 31.6 Å². The molecule has 5 nitrogen and oxygen atoms in total. The summed E-state index contributed by atoms with van der Waals surface area (Å²) in [5.74, 6) is 0.711. The summed E-state index contributed by atoms with van der Waals surface area (Å²) < 4.78 is 0. The highest BCUT2D eigenvalue weighted by Crippen LogP contribution is 2.19. The number of amides is 1. The predicted octanol–water partition coefficient (Wildman–Crippen LogP) is 1.69. The van der Waals surface area contributed by atoms with E-state index in [1.165, 1.54) is 6.20 Å². The lowest BCUT2D eigenvalue weighted by Gasteiger charge is -2.33. The van der Waals surface area contributed by atoms with Crippen molar-refractivity contribution >= 4 is 17.5 Å². The van der Waals surface area contributed by atoms with Crippen molar-refractivity contribution in [1.29, 1.82) is 0 Å². The molecular formula is C13H19ClN4O. The molecule has 1 N–H and O–H groups in total. The van der Waals surface area contributed by atoms with Crippen molar-refractivity contribution in [3.63, 3.8) is 0 Å². The lowest BCUT2D eigenvalue weighted by molar-refractivity contribution is 0.0649. The molecule has 1 aromatic rings. The minimum atomic E-state index is -0.108. The quantitative estimate of drug-likeness (QED) is 0.897. The summed E-state index contributed by atoms with van der Waals surface area (Å²) in [5.41, 5.74) is 0.314. The van der Waals surface area contributed by atoms with Gasteiger partial charge in [-0.3, -0.25) is 4.79 Å². The van der Waals surface area contributed by atoms with Gasteiger partial charge in [-0.05, 0) is 6.92 Å². The molecule has 2 rings (SSSR count). The van der Waals surface area contributed by atoms with Gasteiger partial charge in [0.1, 0.15) is 5.82 Å². The van der Waals surface area contributed by atoms with E-state index in [-0.39, 0.29) is 17.9 Å². The summed E-state index contributed by atoms with van der Waals surface area (Å²) in [4.78, 5) is 22.8. The van der Waals surface area contributed by atoms with Crippen LogP contribution in [0.25, 0.3) is 0 Å². The molecule has 104 valence electrons. The summed E-state index contributed by atoms with van der Waals surface area (Å²) >= 11 is 6.07. The molecule has 1 fully saturated rings. The molecule has 1 aliphatic rings. The fraction of sp³-hybridized carbons (Fsp3) is 0.615. The third-order valence-corrected chi connectivity index (χ3v) is 3.52. The van der Waals surface area contributed by atoms with Crippen LogP contribution >= 0.6 is 11.6 Å². The molecule has 0 bridgehead atoms. The zero-order chi connectivity index (χ0) is 14.0. The van der Waals surface area contributed by atoms with Crippen molar-refractivity contribution in [3.8, 4) is 0 Å². The molecule has 0 spiro atoms. The summed E-state index contributed by atoms with van der Waals surface area (Å²) in [6, 6.07) is 0.148. The van der Waals surface area contributed by atoms with Gasteiger partial charge in [-0.1, -0.05) is 25.4 Å². The molecule has 1 aromatic heterocycles. The fourth-order valence-corrected chi connectivity index (χ4v) is 2.26. The predicted molar refractivity (Wildman–Crippen MR) is 74.5 cm³/mol. The van der Waals surface area contributed by atoms with Crippen molar-refractivity contribution in [2.45, 2.75) is 32.7 Å². The molecule has 19 heavy (non-hydrogen) atoms. The van der Waals surface area contributed by atoms with E-state index in [0.717, 1.165) is 13.1 Å². The maximum atomic E-state index is 12.5. The van der Waals surface area contributed by atoms with Gasteiger partial charge in [0.2, 0.25) is 0 Å². The molecule has 0 saturated carbocycles. The highest BCUT2D eigenvalue weighted by Gasteiger charge is 2.27. The van der Waals surface area contributed by atoms with E-state index in [2.05, 4.69) is 15.3 Å². The lowest BCUT2D eigenvalue weighted by Crippen LogP contribution is -2.52. The van der Waals surface area contributed by atoms with Crippen LogP contribution in [0.2, 0.25) is 5.02 Å². The van der Waals surface area contributed by atoms with Crippen molar-refractivity contribution < 1.29 is 4.79 Å². The highest BCUT2D eigenvalue weighted by atomic mass is 35.5. The highest BCUT2D eigenvalue weighted by molar-refractivity contribution is 6.33. The molecule has 0 radical (unpaired) electrons. The molecule has 1 aliphatic heterocycles. The lowest BCUT2D eigenvalue weighted by atomic mass is 10.2. The Balaban J connectivity index is 2.29. The molecule has 1 atom stereocenters. The summed E-state index contributed by atoms with van der Waals surface area (Å²) in [7, 11) is 0. The first-order chi connectivity index (χ1) is 9.00. The average molecular weight is 283 g/mol. The van der Waals surface area contributed by atoms with Gasteiger partial charge in [0.25, 0.3) is 5.91 Å². The number of rotatable bonds is 2. The monoisotopic (exact) mass is 282 g/mol. The van der Waals surface area contributed by atoms with E-state index >= 15 is 0 Å².